The molecule has 2 bridgehead atoms. The van der Waals surface area contributed by atoms with Crippen molar-refractivity contribution in [1.29, 1.82) is 0 Å². The quantitative estimate of drug-likeness (QED) is 0.555. The number of rotatable bonds is 0. The molecule has 6 fully saturated rings. The molecule has 6 rings (SSSR count). The Hall–Kier alpha value is 0.860. The van der Waals surface area contributed by atoms with Gasteiger partial charge in [-0.3, -0.25) is 0 Å². The van der Waals surface area contributed by atoms with Gasteiger partial charge in [-0.2, -0.15) is 0 Å². The van der Waals surface area contributed by atoms with E-state index in [1.165, 1.54) is 6.42 Å². The van der Waals surface area contributed by atoms with Gasteiger partial charge in [-0.05, 0) is 47.3 Å². The van der Waals surface area contributed by atoms with Crippen molar-refractivity contribution >= 4 is 18.5 Å². The summed E-state index contributed by atoms with van der Waals surface area (Å²) in [4.78, 5) is 0. The molecule has 0 saturated heterocycles. The minimum atomic E-state index is 0.641. The molecule has 0 spiro atoms. The highest BCUT2D eigenvalue weighted by Crippen LogP contribution is 3.08. The highest BCUT2D eigenvalue weighted by atomic mass is 31.0. The Morgan fingerprint density at radius 3 is 2.14 bits per heavy atom. The molecule has 0 aromatic carbocycles. The van der Waals surface area contributed by atoms with E-state index in [-0.39, 0.29) is 0 Å². The fourth-order valence-corrected chi connectivity index (χ4v) is 10.6. The van der Waals surface area contributed by atoms with Crippen LogP contribution < -0.4 is 0 Å². The molecule has 0 amide bonds. The lowest BCUT2D eigenvalue weighted by Crippen LogP contribution is -3.11. The van der Waals surface area contributed by atoms with Crippen LogP contribution in [0.2, 0.25) is 0 Å². The molecule has 0 N–H and O–H groups in total. The summed E-state index contributed by atoms with van der Waals surface area (Å²) >= 11 is 0. The first-order chi connectivity index (χ1) is 6.47. The Morgan fingerprint density at radius 2 is 1.50 bits per heavy atom. The van der Waals surface area contributed by atoms with E-state index in [9.17, 15) is 0 Å². The molecule has 76 valence electrons. The lowest BCUT2D eigenvalue weighted by Gasteiger charge is -3.10. The van der Waals surface area contributed by atoms with Crippen LogP contribution in [-0.4, -0.2) is 10.3 Å². The zero-order valence-corrected chi connectivity index (χ0v) is 11.2. The van der Waals surface area contributed by atoms with Crippen molar-refractivity contribution in [3.05, 3.63) is 0 Å². The van der Waals surface area contributed by atoms with Crippen molar-refractivity contribution in [1.82, 2.24) is 0 Å². The van der Waals surface area contributed by atoms with E-state index < -0.39 is 0 Å². The zero-order chi connectivity index (χ0) is 9.72. The maximum Gasteiger partial charge on any atom is 0.00444 e. The van der Waals surface area contributed by atoms with Crippen LogP contribution in [-0.2, 0) is 0 Å². The number of fused-ring (bicyclic) bond motifs is 1. The zero-order valence-electron chi connectivity index (χ0n) is 8.88. The Kier molecular flexibility index (Phi) is 0.870. The smallest absolute Gasteiger partial charge is 0.00444 e. The molecule has 0 aromatic rings. The molecule has 6 saturated carbocycles. The topological polar surface area (TPSA) is 0 Å². The van der Waals surface area contributed by atoms with Gasteiger partial charge in [0.25, 0.3) is 0 Å². The molecule has 6 aliphatic carbocycles. The van der Waals surface area contributed by atoms with Gasteiger partial charge in [0, 0.05) is 10.3 Å². The predicted octanol–water partition coefficient (Wildman–Crippen LogP) is 2.54. The van der Waals surface area contributed by atoms with Gasteiger partial charge >= 0.3 is 0 Å². The van der Waals surface area contributed by atoms with Crippen LogP contribution in [0.1, 0.15) is 26.7 Å². The fraction of sp³-hybridized carbons (Fsp3) is 1.00. The molecule has 14 heavy (non-hydrogen) atoms. The average molecular weight is 224 g/mol. The summed E-state index contributed by atoms with van der Waals surface area (Å²) in [7, 11) is 6.59. The number of hydrogen-bond donors (Lipinski definition) is 0. The molecule has 10 unspecified atom stereocenters. The first-order valence-electron chi connectivity index (χ1n) is 6.05. The van der Waals surface area contributed by atoms with Gasteiger partial charge in [-0.25, -0.2) is 0 Å². The van der Waals surface area contributed by atoms with Crippen LogP contribution in [0.4, 0.5) is 0 Å². The fourth-order valence-electron chi connectivity index (χ4n) is 7.73. The van der Waals surface area contributed by atoms with E-state index in [0.717, 1.165) is 29.1 Å². The van der Waals surface area contributed by atoms with Gasteiger partial charge in [-0.15, -0.1) is 18.5 Å². The lowest BCUT2D eigenvalue weighted by molar-refractivity contribution is -0.518. The van der Waals surface area contributed by atoms with Crippen molar-refractivity contribution in [3.63, 3.8) is 0 Å². The Bertz CT molecular complexity index is 365. The van der Waals surface area contributed by atoms with E-state index in [1.807, 2.05) is 0 Å². The van der Waals surface area contributed by atoms with Crippen molar-refractivity contribution in [2.45, 2.75) is 37.0 Å². The third-order valence-corrected chi connectivity index (χ3v) is 11.3. The van der Waals surface area contributed by atoms with Gasteiger partial charge < -0.3 is 0 Å². The van der Waals surface area contributed by atoms with Gasteiger partial charge in [0.05, 0.1) is 0 Å². The third kappa shape index (κ3) is 0.298. The third-order valence-electron chi connectivity index (χ3n) is 8.04. The SMILES string of the molecule is CC12C3CCC4C5C3C1(C)C5(P)C42P. The minimum Gasteiger partial charge on any atom is -0.129 e. The van der Waals surface area contributed by atoms with Gasteiger partial charge in [0.15, 0.2) is 0 Å². The molecule has 0 nitrogen and oxygen atoms in total. The minimum absolute atomic E-state index is 0.641. The molecule has 0 radical (unpaired) electrons. The molecule has 0 heterocycles. The van der Waals surface area contributed by atoms with E-state index in [1.54, 1.807) is 6.42 Å². The summed E-state index contributed by atoms with van der Waals surface area (Å²) in [5.74, 6) is 4.41. The van der Waals surface area contributed by atoms with Crippen LogP contribution in [0.25, 0.3) is 0 Å². The van der Waals surface area contributed by atoms with Crippen molar-refractivity contribution < 1.29 is 0 Å². The Labute approximate surface area is 90.4 Å². The Morgan fingerprint density at radius 1 is 0.857 bits per heavy atom. The molecular formula is C12H18P2. The van der Waals surface area contributed by atoms with Crippen molar-refractivity contribution in [2.24, 2.45) is 34.5 Å². The highest BCUT2D eigenvalue weighted by Gasteiger charge is 3.07. The summed E-state index contributed by atoms with van der Waals surface area (Å²) < 4.78 is 0. The van der Waals surface area contributed by atoms with E-state index >= 15 is 0 Å². The van der Waals surface area contributed by atoms with Crippen molar-refractivity contribution in [2.75, 3.05) is 0 Å². The summed E-state index contributed by atoms with van der Waals surface area (Å²) in [6, 6.07) is 0. The maximum absolute atomic E-state index is 3.31. The van der Waals surface area contributed by atoms with E-state index in [2.05, 4.69) is 32.3 Å². The first-order valence-corrected chi connectivity index (χ1v) is 7.20. The monoisotopic (exact) mass is 224 g/mol. The number of hydrogen-bond acceptors (Lipinski definition) is 0. The second-order valence-corrected chi connectivity index (χ2v) is 8.81. The van der Waals surface area contributed by atoms with Gasteiger partial charge in [0.1, 0.15) is 0 Å². The second kappa shape index (κ2) is 1.52. The van der Waals surface area contributed by atoms with Crippen molar-refractivity contribution in [3.8, 4) is 0 Å². The van der Waals surface area contributed by atoms with Crippen LogP contribution in [0.3, 0.4) is 0 Å². The second-order valence-electron chi connectivity index (χ2n) is 6.98. The van der Waals surface area contributed by atoms with E-state index in [4.69, 9.17) is 0 Å². The van der Waals surface area contributed by atoms with Crippen LogP contribution in [0.5, 0.6) is 0 Å². The summed E-state index contributed by atoms with van der Waals surface area (Å²) in [5, 5.41) is 1.30. The normalized spacial score (nSPS) is 90.0. The van der Waals surface area contributed by atoms with Gasteiger partial charge in [-0.1, -0.05) is 13.8 Å². The standard InChI is InChI=1S/C12H18P2/c1-9-5-3-4-6-8-7(5)10(9,2)12(8,14)11(6,9)13/h5-8H,3-4,13-14H2,1-2H3. The average Bonchev–Trinajstić information content (AvgIpc) is 2.20. The van der Waals surface area contributed by atoms with Crippen LogP contribution in [0.15, 0.2) is 0 Å². The molecule has 0 aliphatic heterocycles. The lowest BCUT2D eigenvalue weighted by atomic mass is 9.01. The van der Waals surface area contributed by atoms with Crippen LogP contribution >= 0.6 is 18.5 Å². The highest BCUT2D eigenvalue weighted by molar-refractivity contribution is 7.26. The summed E-state index contributed by atoms with van der Waals surface area (Å²) in [6.07, 6.45) is 3.09. The van der Waals surface area contributed by atoms with Crippen LogP contribution in [0, 0.1) is 34.5 Å². The van der Waals surface area contributed by atoms with E-state index in [0.29, 0.717) is 15.7 Å². The predicted molar refractivity (Wildman–Crippen MR) is 64.3 cm³/mol. The molecule has 0 aromatic heterocycles. The molecular weight excluding hydrogens is 206 g/mol. The summed E-state index contributed by atoms with van der Waals surface area (Å²) in [6.45, 7) is 5.19. The Balaban J connectivity index is 1.86. The van der Waals surface area contributed by atoms with Gasteiger partial charge in [0.2, 0.25) is 0 Å². The molecule has 6 aliphatic rings. The molecule has 10 atom stereocenters. The maximum atomic E-state index is 3.31. The first kappa shape index (κ1) is 8.03. The largest absolute Gasteiger partial charge is 0.129 e. The summed E-state index contributed by atoms with van der Waals surface area (Å²) in [5.41, 5.74) is 1.42. The molecule has 2 heteroatoms.